The molecule has 0 atom stereocenters. The first-order valence-electron chi connectivity index (χ1n) is 7.12. The van der Waals surface area contributed by atoms with Gasteiger partial charge in [0.2, 0.25) is 11.9 Å². The average Bonchev–Trinajstić information content (AvgIpc) is 2.48. The number of nitrogens with zero attached hydrogens (tertiary/aromatic N) is 4. The molecule has 0 unspecified atom stereocenters. The van der Waals surface area contributed by atoms with Crippen LogP contribution < -0.4 is 5.32 Å². The summed E-state index contributed by atoms with van der Waals surface area (Å²) >= 11 is 0. The van der Waals surface area contributed by atoms with Crippen molar-refractivity contribution in [3.63, 3.8) is 0 Å². The third-order valence-corrected chi connectivity index (χ3v) is 2.93. The fraction of sp³-hybridized carbons (Fsp3) is 0.400. The fourth-order valence-electron chi connectivity index (χ4n) is 1.88. The molecule has 0 aliphatic heterocycles. The Kier molecular flexibility index (Phi) is 5.31. The van der Waals surface area contributed by atoms with Gasteiger partial charge in [-0.25, -0.2) is 4.98 Å². The molecular weight excluding hydrogens is 266 g/mol. The number of rotatable bonds is 6. The van der Waals surface area contributed by atoms with Crippen LogP contribution in [0.4, 0.5) is 5.95 Å². The molecule has 0 aromatic carbocycles. The van der Waals surface area contributed by atoms with E-state index >= 15 is 0 Å². The zero-order valence-corrected chi connectivity index (χ0v) is 12.3. The quantitative estimate of drug-likeness (QED) is 0.825. The summed E-state index contributed by atoms with van der Waals surface area (Å²) in [6, 6.07) is 3.69. The van der Waals surface area contributed by atoms with Crippen LogP contribution in [0.5, 0.6) is 0 Å². The summed E-state index contributed by atoms with van der Waals surface area (Å²) in [6.45, 7) is 3.88. The number of amides is 1. The molecule has 21 heavy (non-hydrogen) atoms. The van der Waals surface area contributed by atoms with Crippen molar-refractivity contribution in [3.8, 4) is 11.4 Å². The third kappa shape index (κ3) is 4.59. The largest absolute Gasteiger partial charge is 0.294 e. The van der Waals surface area contributed by atoms with Crippen LogP contribution in [-0.4, -0.2) is 25.8 Å². The molecule has 6 heteroatoms. The van der Waals surface area contributed by atoms with Crippen molar-refractivity contribution in [1.29, 1.82) is 0 Å². The zero-order valence-electron chi connectivity index (χ0n) is 12.3. The van der Waals surface area contributed by atoms with Crippen LogP contribution in [-0.2, 0) is 4.79 Å². The Morgan fingerprint density at radius 1 is 1.24 bits per heavy atom. The van der Waals surface area contributed by atoms with Crippen LogP contribution in [0.15, 0.2) is 24.5 Å². The number of aryl methyl sites for hydroxylation is 1. The smallest absolute Gasteiger partial charge is 0.233 e. The van der Waals surface area contributed by atoms with Crippen LogP contribution in [0.1, 0.15) is 38.4 Å². The molecular formula is C15H19N5O. The average molecular weight is 285 g/mol. The number of unbranched alkanes of at least 4 members (excludes halogenated alkanes) is 2. The van der Waals surface area contributed by atoms with Crippen molar-refractivity contribution in [2.24, 2.45) is 0 Å². The van der Waals surface area contributed by atoms with E-state index in [0.29, 0.717) is 24.0 Å². The number of carbonyl (C=O) groups excluding carboxylic acids is 1. The predicted octanol–water partition coefficient (Wildman–Crippen LogP) is 2.76. The Bertz CT molecular complexity index is 600. The van der Waals surface area contributed by atoms with Crippen molar-refractivity contribution >= 4 is 11.9 Å². The number of aromatic nitrogens is 4. The topological polar surface area (TPSA) is 80.7 Å². The van der Waals surface area contributed by atoms with Crippen LogP contribution in [0.2, 0.25) is 0 Å². The molecule has 0 radical (unpaired) electrons. The Labute approximate surface area is 124 Å². The van der Waals surface area contributed by atoms with E-state index in [1.807, 2.05) is 12.1 Å². The Morgan fingerprint density at radius 2 is 2.10 bits per heavy atom. The first-order chi connectivity index (χ1) is 10.2. The van der Waals surface area contributed by atoms with E-state index in [9.17, 15) is 4.79 Å². The number of hydrogen-bond donors (Lipinski definition) is 1. The van der Waals surface area contributed by atoms with E-state index in [1.54, 1.807) is 19.3 Å². The van der Waals surface area contributed by atoms with Gasteiger partial charge in [0.15, 0.2) is 5.82 Å². The zero-order chi connectivity index (χ0) is 15.1. The molecule has 0 saturated carbocycles. The number of nitrogens with one attached hydrogen (secondary N) is 1. The van der Waals surface area contributed by atoms with Crippen molar-refractivity contribution in [1.82, 2.24) is 19.9 Å². The Hall–Kier alpha value is -2.37. The molecule has 2 heterocycles. The Balaban J connectivity index is 2.10. The molecule has 6 nitrogen and oxygen atoms in total. The van der Waals surface area contributed by atoms with Crippen molar-refractivity contribution in [2.75, 3.05) is 5.32 Å². The summed E-state index contributed by atoms with van der Waals surface area (Å²) in [5.41, 5.74) is 0.796. The van der Waals surface area contributed by atoms with Gasteiger partial charge in [-0.3, -0.25) is 15.1 Å². The molecule has 0 fully saturated rings. The van der Waals surface area contributed by atoms with E-state index < -0.39 is 0 Å². The summed E-state index contributed by atoms with van der Waals surface area (Å²) in [5.74, 6) is 1.31. The normalized spacial score (nSPS) is 10.4. The summed E-state index contributed by atoms with van der Waals surface area (Å²) in [6.07, 6.45) is 6.87. The van der Waals surface area contributed by atoms with Gasteiger partial charge in [-0.2, -0.15) is 9.97 Å². The fourth-order valence-corrected chi connectivity index (χ4v) is 1.88. The van der Waals surface area contributed by atoms with E-state index in [-0.39, 0.29) is 5.91 Å². The van der Waals surface area contributed by atoms with Gasteiger partial charge in [-0.05, 0) is 25.5 Å². The minimum Gasteiger partial charge on any atom is -0.294 e. The highest BCUT2D eigenvalue weighted by Gasteiger charge is 2.09. The lowest BCUT2D eigenvalue weighted by molar-refractivity contribution is -0.116. The molecule has 2 aromatic heterocycles. The molecule has 1 amide bonds. The highest BCUT2D eigenvalue weighted by molar-refractivity contribution is 5.89. The maximum Gasteiger partial charge on any atom is 0.233 e. The SMILES string of the molecule is CCCCCC(=O)Nc1nc(C)nc(-c2cccnc2)n1. The van der Waals surface area contributed by atoms with Crippen LogP contribution >= 0.6 is 0 Å². The second kappa shape index (κ2) is 7.42. The van der Waals surface area contributed by atoms with E-state index in [2.05, 4.69) is 32.2 Å². The maximum absolute atomic E-state index is 11.8. The van der Waals surface area contributed by atoms with Gasteiger partial charge in [0.1, 0.15) is 5.82 Å². The number of pyridine rings is 1. The highest BCUT2D eigenvalue weighted by atomic mass is 16.1. The minimum absolute atomic E-state index is 0.0637. The van der Waals surface area contributed by atoms with Crippen molar-refractivity contribution in [2.45, 2.75) is 39.5 Å². The Morgan fingerprint density at radius 3 is 2.81 bits per heavy atom. The van der Waals surface area contributed by atoms with Gasteiger partial charge < -0.3 is 0 Å². The lowest BCUT2D eigenvalue weighted by Gasteiger charge is -2.06. The standard InChI is InChI=1S/C15H19N5O/c1-3-4-5-8-13(21)19-15-18-11(2)17-14(20-15)12-7-6-9-16-10-12/h6-7,9-10H,3-5,8H2,1-2H3,(H,17,18,19,20,21). The summed E-state index contributed by atoms with van der Waals surface area (Å²) in [4.78, 5) is 28.6. The van der Waals surface area contributed by atoms with Crippen LogP contribution in [0, 0.1) is 6.92 Å². The monoisotopic (exact) mass is 285 g/mol. The molecule has 2 aromatic rings. The molecule has 110 valence electrons. The van der Waals surface area contributed by atoms with E-state index in [4.69, 9.17) is 0 Å². The summed E-state index contributed by atoms with van der Waals surface area (Å²) in [5, 5.41) is 2.73. The van der Waals surface area contributed by atoms with Gasteiger partial charge in [-0.1, -0.05) is 19.8 Å². The van der Waals surface area contributed by atoms with E-state index in [0.717, 1.165) is 24.8 Å². The third-order valence-electron chi connectivity index (χ3n) is 2.93. The molecule has 0 bridgehead atoms. The number of carbonyl (C=O) groups is 1. The lowest BCUT2D eigenvalue weighted by Crippen LogP contribution is -2.15. The number of anilines is 1. The molecule has 0 saturated heterocycles. The first-order valence-corrected chi connectivity index (χ1v) is 7.12. The first kappa shape index (κ1) is 15.0. The lowest BCUT2D eigenvalue weighted by atomic mass is 10.2. The molecule has 1 N–H and O–H groups in total. The van der Waals surface area contributed by atoms with Crippen LogP contribution in [0.25, 0.3) is 11.4 Å². The predicted molar refractivity (Wildman–Crippen MR) is 80.6 cm³/mol. The van der Waals surface area contributed by atoms with Crippen LogP contribution in [0.3, 0.4) is 0 Å². The van der Waals surface area contributed by atoms with Gasteiger partial charge >= 0.3 is 0 Å². The minimum atomic E-state index is -0.0637. The van der Waals surface area contributed by atoms with Crippen molar-refractivity contribution in [3.05, 3.63) is 30.4 Å². The second-order valence-electron chi connectivity index (χ2n) is 4.78. The van der Waals surface area contributed by atoms with Crippen molar-refractivity contribution < 1.29 is 4.79 Å². The second-order valence-corrected chi connectivity index (χ2v) is 4.78. The molecule has 0 aliphatic rings. The van der Waals surface area contributed by atoms with E-state index in [1.165, 1.54) is 0 Å². The summed E-state index contributed by atoms with van der Waals surface area (Å²) in [7, 11) is 0. The molecule has 2 rings (SSSR count). The number of hydrogen-bond acceptors (Lipinski definition) is 5. The molecule has 0 aliphatic carbocycles. The van der Waals surface area contributed by atoms with Gasteiger partial charge in [0, 0.05) is 24.4 Å². The van der Waals surface area contributed by atoms with Gasteiger partial charge in [-0.15, -0.1) is 0 Å². The highest BCUT2D eigenvalue weighted by Crippen LogP contribution is 2.14. The van der Waals surface area contributed by atoms with Gasteiger partial charge in [0.05, 0.1) is 0 Å². The maximum atomic E-state index is 11.8. The van der Waals surface area contributed by atoms with Gasteiger partial charge in [0.25, 0.3) is 0 Å². The summed E-state index contributed by atoms with van der Waals surface area (Å²) < 4.78 is 0. The molecule has 0 spiro atoms.